The zero-order chi connectivity index (χ0) is 13.1. The average molecular weight is 265 g/mol. The van der Waals surface area contributed by atoms with Crippen molar-refractivity contribution in [2.45, 2.75) is 38.2 Å². The minimum absolute atomic E-state index is 0.261. The van der Waals surface area contributed by atoms with Crippen molar-refractivity contribution in [1.29, 1.82) is 0 Å². The van der Waals surface area contributed by atoms with Gasteiger partial charge in [-0.3, -0.25) is 0 Å². The molecular weight excluding hydrogens is 250 g/mol. The molecule has 6 nitrogen and oxygen atoms in total. The van der Waals surface area contributed by atoms with Gasteiger partial charge in [-0.05, 0) is 26.3 Å². The van der Waals surface area contributed by atoms with Crippen molar-refractivity contribution in [3.63, 3.8) is 0 Å². The fourth-order valence-electron chi connectivity index (χ4n) is 1.37. The van der Waals surface area contributed by atoms with Gasteiger partial charge in [-0.2, -0.15) is 4.98 Å². The van der Waals surface area contributed by atoms with Crippen molar-refractivity contribution in [3.05, 3.63) is 28.7 Å². The van der Waals surface area contributed by atoms with E-state index in [0.717, 1.165) is 22.1 Å². The van der Waals surface area contributed by atoms with Crippen molar-refractivity contribution in [1.82, 2.24) is 20.1 Å². The van der Waals surface area contributed by atoms with Gasteiger partial charge in [0.05, 0.1) is 12.3 Å². The van der Waals surface area contributed by atoms with Crippen molar-refractivity contribution < 1.29 is 4.52 Å². The smallest absolute Gasteiger partial charge is 0.240 e. The van der Waals surface area contributed by atoms with Crippen molar-refractivity contribution >= 4 is 11.8 Å². The zero-order valence-electron chi connectivity index (χ0n) is 10.6. The summed E-state index contributed by atoms with van der Waals surface area (Å²) in [6.07, 6.45) is 0. The summed E-state index contributed by atoms with van der Waals surface area (Å²) in [5, 5.41) is 4.55. The Balaban J connectivity index is 2.06. The molecule has 0 unspecified atom stereocenters. The highest BCUT2D eigenvalue weighted by molar-refractivity contribution is 7.98. The number of nitrogens with two attached hydrogens (primary N) is 1. The first-order chi connectivity index (χ1) is 8.60. The Morgan fingerprint density at radius 1 is 1.11 bits per heavy atom. The van der Waals surface area contributed by atoms with Crippen molar-refractivity contribution in [3.8, 4) is 0 Å². The number of nitrogens with zero attached hydrogens (tertiary/aromatic N) is 4. The van der Waals surface area contributed by atoms with Gasteiger partial charge >= 0.3 is 0 Å². The molecule has 2 N–H and O–H groups in total. The Bertz CT molecular complexity index is 531. The van der Waals surface area contributed by atoms with Gasteiger partial charge in [0.15, 0.2) is 11.0 Å². The lowest BCUT2D eigenvalue weighted by atomic mass is 10.2. The molecule has 0 aliphatic carbocycles. The monoisotopic (exact) mass is 265 g/mol. The van der Waals surface area contributed by atoms with Gasteiger partial charge in [-0.1, -0.05) is 16.9 Å². The lowest BCUT2D eigenvalue weighted by molar-refractivity contribution is 0.376. The molecule has 0 aliphatic rings. The van der Waals surface area contributed by atoms with Crippen LogP contribution in [0.2, 0.25) is 0 Å². The summed E-state index contributed by atoms with van der Waals surface area (Å²) in [6.45, 7) is 6.24. The van der Waals surface area contributed by atoms with E-state index < -0.39 is 0 Å². The molecule has 96 valence electrons. The predicted octanol–water partition coefficient (Wildman–Crippen LogP) is 1.54. The second-order valence-electron chi connectivity index (χ2n) is 3.90. The molecule has 0 fully saturated rings. The minimum atomic E-state index is 0.261. The maximum Gasteiger partial charge on any atom is 0.240 e. The summed E-state index contributed by atoms with van der Waals surface area (Å²) < 4.78 is 4.93. The van der Waals surface area contributed by atoms with E-state index >= 15 is 0 Å². The molecular formula is C11H15N5OS. The first-order valence-corrected chi connectivity index (χ1v) is 6.55. The molecule has 0 bridgehead atoms. The van der Waals surface area contributed by atoms with E-state index in [0.29, 0.717) is 17.5 Å². The van der Waals surface area contributed by atoms with Crippen LogP contribution in [0.4, 0.5) is 0 Å². The third-order valence-corrected chi connectivity index (χ3v) is 3.47. The number of hydrogen-bond acceptors (Lipinski definition) is 7. The summed E-state index contributed by atoms with van der Waals surface area (Å²) in [4.78, 5) is 13.0. The Morgan fingerprint density at radius 3 is 2.33 bits per heavy atom. The van der Waals surface area contributed by atoms with Gasteiger partial charge in [0.2, 0.25) is 5.89 Å². The quantitative estimate of drug-likeness (QED) is 0.662. The van der Waals surface area contributed by atoms with E-state index in [-0.39, 0.29) is 6.54 Å². The third-order valence-electron chi connectivity index (χ3n) is 2.63. The lowest BCUT2D eigenvalue weighted by Gasteiger charge is -2.05. The van der Waals surface area contributed by atoms with Crippen LogP contribution in [-0.4, -0.2) is 20.1 Å². The van der Waals surface area contributed by atoms with Crippen LogP contribution in [-0.2, 0) is 12.3 Å². The predicted molar refractivity (Wildman–Crippen MR) is 68.0 cm³/mol. The minimum Gasteiger partial charge on any atom is -0.338 e. The van der Waals surface area contributed by atoms with Crippen LogP contribution in [0.25, 0.3) is 0 Å². The van der Waals surface area contributed by atoms with Crippen molar-refractivity contribution in [2.24, 2.45) is 5.73 Å². The first kappa shape index (κ1) is 13.0. The van der Waals surface area contributed by atoms with E-state index in [4.69, 9.17) is 10.3 Å². The molecule has 0 amide bonds. The Morgan fingerprint density at radius 2 is 1.78 bits per heavy atom. The number of aromatic nitrogens is 4. The van der Waals surface area contributed by atoms with Crippen LogP contribution in [0.3, 0.4) is 0 Å². The summed E-state index contributed by atoms with van der Waals surface area (Å²) in [5.74, 6) is 1.63. The van der Waals surface area contributed by atoms with Gasteiger partial charge in [-0.25, -0.2) is 9.97 Å². The molecule has 2 aromatic rings. The fraction of sp³-hybridized carbons (Fsp3) is 0.455. The molecule has 0 atom stereocenters. The van der Waals surface area contributed by atoms with E-state index in [9.17, 15) is 0 Å². The van der Waals surface area contributed by atoms with E-state index in [1.807, 2.05) is 20.8 Å². The maximum absolute atomic E-state index is 5.40. The van der Waals surface area contributed by atoms with Gasteiger partial charge in [0, 0.05) is 11.4 Å². The fourth-order valence-corrected chi connectivity index (χ4v) is 2.15. The highest BCUT2D eigenvalue weighted by Crippen LogP contribution is 2.20. The van der Waals surface area contributed by atoms with Crippen molar-refractivity contribution in [2.75, 3.05) is 0 Å². The zero-order valence-corrected chi connectivity index (χ0v) is 11.4. The largest absolute Gasteiger partial charge is 0.338 e. The molecule has 0 saturated heterocycles. The molecule has 7 heteroatoms. The molecule has 2 rings (SSSR count). The van der Waals surface area contributed by atoms with E-state index in [1.165, 1.54) is 11.8 Å². The number of rotatable bonds is 4. The van der Waals surface area contributed by atoms with Crippen LogP contribution in [0, 0.1) is 20.8 Å². The van der Waals surface area contributed by atoms with E-state index in [1.54, 1.807) is 0 Å². The third kappa shape index (κ3) is 2.85. The Kier molecular flexibility index (Phi) is 3.93. The molecule has 0 saturated carbocycles. The summed E-state index contributed by atoms with van der Waals surface area (Å²) in [5.41, 5.74) is 8.53. The number of hydrogen-bond donors (Lipinski definition) is 1. The molecule has 2 aromatic heterocycles. The Labute approximate surface area is 109 Å². The average Bonchev–Trinajstić information content (AvgIpc) is 2.81. The highest BCUT2D eigenvalue weighted by Gasteiger charge is 2.08. The normalized spacial score (nSPS) is 10.9. The van der Waals surface area contributed by atoms with Crippen LogP contribution in [0.5, 0.6) is 0 Å². The highest BCUT2D eigenvalue weighted by atomic mass is 32.2. The molecule has 0 radical (unpaired) electrons. The summed E-state index contributed by atoms with van der Waals surface area (Å²) in [6, 6.07) is 0. The molecule has 0 aliphatic heterocycles. The second kappa shape index (κ2) is 5.45. The topological polar surface area (TPSA) is 90.7 Å². The van der Waals surface area contributed by atoms with Crippen LogP contribution in [0.1, 0.15) is 28.7 Å². The Hall–Kier alpha value is -1.47. The molecule has 2 heterocycles. The first-order valence-electron chi connectivity index (χ1n) is 5.56. The van der Waals surface area contributed by atoms with Crippen LogP contribution >= 0.6 is 11.8 Å². The summed E-state index contributed by atoms with van der Waals surface area (Å²) >= 11 is 1.49. The second-order valence-corrected chi connectivity index (χ2v) is 4.84. The molecule has 0 spiro atoms. The van der Waals surface area contributed by atoms with Crippen LogP contribution < -0.4 is 5.73 Å². The van der Waals surface area contributed by atoms with Gasteiger partial charge < -0.3 is 10.3 Å². The number of thioether (sulfide) groups is 1. The SMILES string of the molecule is Cc1nc(SCc2noc(CN)n2)nc(C)c1C. The van der Waals surface area contributed by atoms with Gasteiger partial charge in [0.1, 0.15) is 0 Å². The standard InChI is InChI=1S/C11H15N5OS/c1-6-7(2)13-11(14-8(6)3)18-5-9-15-10(4-12)17-16-9/h4-5,12H2,1-3H3. The lowest BCUT2D eigenvalue weighted by Crippen LogP contribution is -1.99. The van der Waals surface area contributed by atoms with Gasteiger partial charge in [-0.15, -0.1) is 0 Å². The molecule has 0 aromatic carbocycles. The van der Waals surface area contributed by atoms with Gasteiger partial charge in [0.25, 0.3) is 0 Å². The molecule has 18 heavy (non-hydrogen) atoms. The van der Waals surface area contributed by atoms with Crippen LogP contribution in [0.15, 0.2) is 9.68 Å². The summed E-state index contributed by atoms with van der Waals surface area (Å²) in [7, 11) is 0. The van der Waals surface area contributed by atoms with E-state index in [2.05, 4.69) is 20.1 Å². The maximum atomic E-state index is 5.40. The number of aryl methyl sites for hydroxylation is 2.